The minimum Gasteiger partial charge on any atom is -0.497 e. The van der Waals surface area contributed by atoms with Crippen LogP contribution in [-0.4, -0.2) is 46.4 Å². The minimum absolute atomic E-state index is 0.0141. The first-order valence-electron chi connectivity index (χ1n) is 23.8. The molecular formula is C60H49NO9S. The van der Waals surface area contributed by atoms with E-state index in [4.69, 9.17) is 23.4 Å². The quantitative estimate of drug-likeness (QED) is 0.0525. The summed E-state index contributed by atoms with van der Waals surface area (Å²) in [4.78, 5) is 56.5. The molecular weight excluding hydrogens is 911 g/mol. The fraction of sp³-hybridized carbons (Fsp3) is 0.200. The zero-order valence-corrected chi connectivity index (χ0v) is 40.0. The van der Waals surface area contributed by atoms with Crippen LogP contribution in [-0.2, 0) is 32.1 Å². The molecule has 0 N–H and O–H groups in total. The molecule has 11 rings (SSSR count). The first-order valence-corrected chi connectivity index (χ1v) is 24.6. The van der Waals surface area contributed by atoms with Crippen LogP contribution in [0.15, 0.2) is 190 Å². The van der Waals surface area contributed by atoms with Gasteiger partial charge in [0.2, 0.25) is 5.91 Å². The minimum atomic E-state index is -0.728. The van der Waals surface area contributed by atoms with Crippen LogP contribution in [0.5, 0.6) is 17.2 Å². The van der Waals surface area contributed by atoms with Crippen molar-refractivity contribution < 1.29 is 37.7 Å². The van der Waals surface area contributed by atoms with Crippen LogP contribution in [0.3, 0.4) is 0 Å². The van der Waals surface area contributed by atoms with Gasteiger partial charge in [0, 0.05) is 51.8 Å². The average molecular weight is 960 g/mol. The van der Waals surface area contributed by atoms with E-state index in [0.717, 1.165) is 68.5 Å². The van der Waals surface area contributed by atoms with Crippen LogP contribution in [0.25, 0.3) is 33.4 Å². The number of β-lactam (4-membered cyclic amide) rings is 1. The number of ketones is 1. The Hall–Kier alpha value is -7.89. The van der Waals surface area contributed by atoms with Crippen LogP contribution in [0.2, 0.25) is 0 Å². The van der Waals surface area contributed by atoms with E-state index in [1.54, 1.807) is 29.8 Å². The number of nitrogens with zero attached hydrogens (tertiary/aromatic N) is 1. The van der Waals surface area contributed by atoms with Gasteiger partial charge in [-0.25, -0.2) is 4.79 Å². The number of carbonyl (C=O) groups excluding carboxylic acids is 3. The molecule has 0 unspecified atom stereocenters. The summed E-state index contributed by atoms with van der Waals surface area (Å²) >= 11 is 1.66. The van der Waals surface area contributed by atoms with Crippen molar-refractivity contribution in [1.82, 2.24) is 4.90 Å². The highest BCUT2D eigenvalue weighted by Crippen LogP contribution is 2.64. The number of hydrogen-bond acceptors (Lipinski definition) is 10. The van der Waals surface area contributed by atoms with Gasteiger partial charge in [-0.2, -0.15) is 0 Å². The normalized spacial score (nSPS) is 16.7. The smallest absolute Gasteiger partial charge is 0.356 e. The van der Waals surface area contributed by atoms with Gasteiger partial charge in [0.05, 0.1) is 18.4 Å². The first kappa shape index (κ1) is 45.5. The summed E-state index contributed by atoms with van der Waals surface area (Å²) in [6.45, 7) is 2.35. The maximum Gasteiger partial charge on any atom is 0.356 e. The molecule has 1 amide bonds. The number of fused-ring (bicyclic) bond motifs is 3. The van der Waals surface area contributed by atoms with Gasteiger partial charge in [0.25, 0.3) is 0 Å². The SMILES string of the molecule is COc1ccc(-c2c3ccc(=O)cc-3oc3cc(OCc4ccc(OCC5=C(C(=O)OC(c6ccccc6)c6ccccc6)N6C(=O)[C@@H](CC(=O)Cc7ccccc7)[C@H]6SC56CC6)cc4)ccc23)c(C)c1. The number of benzene rings is 7. The maximum absolute atomic E-state index is 14.8. The summed E-state index contributed by atoms with van der Waals surface area (Å²) in [5.41, 5.74) is 8.56. The lowest BCUT2D eigenvalue weighted by Gasteiger charge is -2.52. The van der Waals surface area contributed by atoms with E-state index >= 15 is 0 Å². The second-order valence-corrected chi connectivity index (χ2v) is 19.9. The van der Waals surface area contributed by atoms with Crippen molar-refractivity contribution in [2.24, 2.45) is 5.92 Å². The van der Waals surface area contributed by atoms with Crippen LogP contribution >= 0.6 is 11.8 Å². The maximum atomic E-state index is 14.8. The molecule has 2 atom stereocenters. The number of carbonyl (C=O) groups is 3. The van der Waals surface area contributed by atoms with E-state index in [1.807, 2.05) is 165 Å². The van der Waals surface area contributed by atoms with Crippen LogP contribution < -0.4 is 19.6 Å². The van der Waals surface area contributed by atoms with Crippen LogP contribution in [0.4, 0.5) is 0 Å². The molecule has 3 heterocycles. The fourth-order valence-corrected chi connectivity index (χ4v) is 11.7. The Morgan fingerprint density at radius 3 is 2.03 bits per heavy atom. The molecule has 1 saturated carbocycles. The van der Waals surface area contributed by atoms with Crippen LogP contribution in [0.1, 0.15) is 53.2 Å². The summed E-state index contributed by atoms with van der Waals surface area (Å²) in [6.07, 6.45) is 1.21. The summed E-state index contributed by atoms with van der Waals surface area (Å²) in [6, 6.07) is 52.9. The molecule has 0 bridgehead atoms. The fourth-order valence-electron chi connectivity index (χ4n) is 9.87. The highest BCUT2D eigenvalue weighted by molar-refractivity contribution is 8.01. The van der Waals surface area contributed by atoms with E-state index in [9.17, 15) is 19.2 Å². The molecule has 0 aromatic heterocycles. The molecule has 354 valence electrons. The Balaban J connectivity index is 0.838. The number of rotatable bonds is 16. The van der Waals surface area contributed by atoms with Crippen LogP contribution in [0, 0.1) is 12.8 Å². The number of ether oxygens (including phenoxy) is 4. The van der Waals surface area contributed by atoms with Crippen molar-refractivity contribution in [2.75, 3.05) is 13.7 Å². The lowest BCUT2D eigenvalue weighted by Crippen LogP contribution is -2.63. The summed E-state index contributed by atoms with van der Waals surface area (Å²) < 4.78 is 30.6. The molecule has 3 aliphatic heterocycles. The number of hydrogen-bond donors (Lipinski definition) is 0. The predicted molar refractivity (Wildman–Crippen MR) is 273 cm³/mol. The van der Waals surface area contributed by atoms with Crippen molar-refractivity contribution in [3.8, 4) is 39.7 Å². The Morgan fingerprint density at radius 1 is 0.704 bits per heavy atom. The highest BCUT2D eigenvalue weighted by Gasteiger charge is 2.63. The number of methoxy groups -OCH3 is 1. The molecule has 6 aromatic rings. The zero-order chi connectivity index (χ0) is 48.6. The first-order chi connectivity index (χ1) is 34.6. The third-order valence-corrected chi connectivity index (χ3v) is 15.6. The predicted octanol–water partition coefficient (Wildman–Crippen LogP) is 11.7. The largest absolute Gasteiger partial charge is 0.497 e. The lowest BCUT2D eigenvalue weighted by atomic mass is 9.88. The molecule has 0 radical (unpaired) electrons. The number of aryl methyl sites for hydroxylation is 1. The number of esters is 1. The third kappa shape index (κ3) is 9.09. The molecule has 71 heavy (non-hydrogen) atoms. The van der Waals surface area contributed by atoms with E-state index < -0.39 is 22.7 Å². The summed E-state index contributed by atoms with van der Waals surface area (Å²) in [7, 11) is 1.64. The number of thioether (sulfide) groups is 1. The second kappa shape index (κ2) is 19.1. The van der Waals surface area contributed by atoms with E-state index in [1.165, 1.54) is 6.07 Å². The van der Waals surface area contributed by atoms with Crippen molar-refractivity contribution in [1.29, 1.82) is 0 Å². The molecule has 2 fully saturated rings. The Morgan fingerprint density at radius 2 is 1.35 bits per heavy atom. The zero-order valence-electron chi connectivity index (χ0n) is 39.2. The van der Waals surface area contributed by atoms with E-state index in [2.05, 4.69) is 0 Å². The Labute approximate surface area is 415 Å². The standard InChI is InChI=1S/C60H49NO9S/c1-37-30-45(66-2)23-26-47(37)54-48-25-20-42(62)33-52(48)69-53-34-46(24-27-49(53)54)67-35-39-18-21-44(22-19-39)68-36-51-55(59(65)70-56(40-14-8-4-9-15-40)41-16-10-5-11-17-41)61-57(64)50(58(61)71-60(51)28-29-60)32-43(63)31-38-12-6-3-7-13-38/h3-27,30,33-34,50,56,58H,28-29,31-32,35-36H2,1-2H3/t50-,58-/m1/s1. The molecule has 2 aliphatic carbocycles. The number of amides is 1. The number of Topliss-reactive ketones (excluding diaryl/α,β-unsaturated/α-hetero) is 1. The molecule has 6 aromatic carbocycles. The molecule has 1 spiro atoms. The average Bonchev–Trinajstić information content (AvgIpc) is 4.18. The van der Waals surface area contributed by atoms with Gasteiger partial charge < -0.3 is 23.4 Å². The third-order valence-electron chi connectivity index (χ3n) is 13.7. The molecule has 10 nitrogen and oxygen atoms in total. The highest BCUT2D eigenvalue weighted by atomic mass is 32.2. The van der Waals surface area contributed by atoms with Gasteiger partial charge >= 0.3 is 5.97 Å². The van der Waals surface area contributed by atoms with E-state index in [-0.39, 0.29) is 54.2 Å². The van der Waals surface area contributed by atoms with Crippen molar-refractivity contribution in [3.05, 3.63) is 219 Å². The lowest BCUT2D eigenvalue weighted by molar-refractivity contribution is -0.157. The molecule has 1 saturated heterocycles. The van der Waals surface area contributed by atoms with Crippen molar-refractivity contribution in [3.63, 3.8) is 0 Å². The monoisotopic (exact) mass is 959 g/mol. The molecule has 5 aliphatic rings. The Bertz CT molecular complexity index is 3330. The van der Waals surface area contributed by atoms with Gasteiger partial charge in [-0.1, -0.05) is 109 Å². The summed E-state index contributed by atoms with van der Waals surface area (Å²) in [5.74, 6) is 0.984. The van der Waals surface area contributed by atoms with Crippen molar-refractivity contribution >= 4 is 40.4 Å². The van der Waals surface area contributed by atoms with Gasteiger partial charge in [-0.15, -0.1) is 11.8 Å². The van der Waals surface area contributed by atoms with Gasteiger partial charge in [0.15, 0.2) is 11.5 Å². The van der Waals surface area contributed by atoms with E-state index in [0.29, 0.717) is 28.4 Å². The van der Waals surface area contributed by atoms with Gasteiger partial charge in [0.1, 0.15) is 53.3 Å². The Kier molecular flexibility index (Phi) is 12.3. The topological polar surface area (TPSA) is 122 Å². The van der Waals surface area contributed by atoms with Crippen molar-refractivity contribution in [2.45, 2.75) is 55.4 Å². The molecule has 11 heteroatoms. The second-order valence-electron chi connectivity index (χ2n) is 18.4. The van der Waals surface area contributed by atoms with Gasteiger partial charge in [-0.3, -0.25) is 19.3 Å². The summed E-state index contributed by atoms with van der Waals surface area (Å²) in [5, 5.41) is 0.493. The van der Waals surface area contributed by atoms with Gasteiger partial charge in [-0.05, 0) is 102 Å².